The molecule has 2 aliphatic rings. The van der Waals surface area contributed by atoms with Crippen LogP contribution in [0.1, 0.15) is 15.9 Å². The van der Waals surface area contributed by atoms with E-state index in [2.05, 4.69) is 35.3 Å². The van der Waals surface area contributed by atoms with Gasteiger partial charge in [0.25, 0.3) is 0 Å². The zero-order chi connectivity index (χ0) is 20.8. The lowest BCUT2D eigenvalue weighted by Crippen LogP contribution is -2.40. The molecule has 11 nitrogen and oxygen atoms in total. The summed E-state index contributed by atoms with van der Waals surface area (Å²) in [5.41, 5.74) is 3.84. The Morgan fingerprint density at radius 2 is 1.47 bits per heavy atom. The molecule has 0 bridgehead atoms. The van der Waals surface area contributed by atoms with Crippen LogP contribution in [0.3, 0.4) is 0 Å². The molecule has 11 heteroatoms. The number of hydrazone groups is 1. The highest BCUT2D eigenvalue weighted by Gasteiger charge is 2.20. The predicted octanol–water partition coefficient (Wildman–Crippen LogP) is 0.689. The Labute approximate surface area is 173 Å². The molecule has 1 aromatic carbocycles. The summed E-state index contributed by atoms with van der Waals surface area (Å²) in [7, 11) is 0. The van der Waals surface area contributed by atoms with Gasteiger partial charge in [-0.2, -0.15) is 20.1 Å². The molecular formula is C19H23N7O4. The normalized spacial score (nSPS) is 17.3. The molecule has 0 saturated carbocycles. The molecule has 2 fully saturated rings. The maximum absolute atomic E-state index is 10.9. The van der Waals surface area contributed by atoms with E-state index in [1.165, 1.54) is 12.1 Å². The minimum Gasteiger partial charge on any atom is -0.478 e. The van der Waals surface area contributed by atoms with Crippen molar-refractivity contribution in [3.05, 3.63) is 35.4 Å². The fraction of sp³-hybridized carbons (Fsp3) is 0.421. The summed E-state index contributed by atoms with van der Waals surface area (Å²) in [6.07, 6.45) is 1.58. The van der Waals surface area contributed by atoms with Gasteiger partial charge in [-0.05, 0) is 17.7 Å². The molecule has 0 spiro atoms. The third-order valence-corrected chi connectivity index (χ3v) is 4.74. The molecule has 1 aromatic heterocycles. The third-order valence-electron chi connectivity index (χ3n) is 4.74. The summed E-state index contributed by atoms with van der Waals surface area (Å²) in [6.45, 7) is 5.38. The molecule has 0 atom stereocenters. The Balaban J connectivity index is 1.52. The number of benzene rings is 1. The number of morpholine rings is 2. The van der Waals surface area contributed by atoms with Gasteiger partial charge in [0.15, 0.2) is 0 Å². The Morgan fingerprint density at radius 1 is 0.933 bits per heavy atom. The maximum Gasteiger partial charge on any atom is 0.335 e. The second-order valence-electron chi connectivity index (χ2n) is 6.76. The summed E-state index contributed by atoms with van der Waals surface area (Å²) in [4.78, 5) is 28.7. The highest BCUT2D eigenvalue weighted by atomic mass is 16.5. The number of nitrogens with one attached hydrogen (secondary N) is 1. The molecule has 0 aliphatic carbocycles. The molecule has 0 radical (unpaired) electrons. The van der Waals surface area contributed by atoms with Crippen molar-refractivity contribution in [3.8, 4) is 0 Å². The molecular weight excluding hydrogens is 390 g/mol. The fourth-order valence-corrected chi connectivity index (χ4v) is 3.09. The molecule has 3 heterocycles. The van der Waals surface area contributed by atoms with E-state index in [-0.39, 0.29) is 5.56 Å². The molecule has 2 saturated heterocycles. The van der Waals surface area contributed by atoms with E-state index < -0.39 is 5.97 Å². The number of carboxylic acids is 1. The number of aromatic nitrogens is 3. The van der Waals surface area contributed by atoms with Crippen molar-refractivity contribution in [2.45, 2.75) is 0 Å². The first-order valence-corrected chi connectivity index (χ1v) is 9.73. The van der Waals surface area contributed by atoms with Crippen LogP contribution in [0.4, 0.5) is 17.8 Å². The first-order valence-electron chi connectivity index (χ1n) is 9.73. The summed E-state index contributed by atoms with van der Waals surface area (Å²) in [5.74, 6) is 0.538. The van der Waals surface area contributed by atoms with Crippen LogP contribution in [0, 0.1) is 0 Å². The van der Waals surface area contributed by atoms with Gasteiger partial charge in [0.2, 0.25) is 17.8 Å². The van der Waals surface area contributed by atoms with E-state index in [0.717, 1.165) is 5.56 Å². The van der Waals surface area contributed by atoms with Gasteiger partial charge in [-0.25, -0.2) is 10.2 Å². The summed E-state index contributed by atoms with van der Waals surface area (Å²) in [5, 5.41) is 13.2. The standard InChI is InChI=1S/C19H23N7O4/c27-16(28)15-3-1-14(2-4-15)13-20-24-17-21-18(25-5-9-29-10-6-25)23-19(22-17)26-7-11-30-12-8-26/h1-4,13H,5-12H2,(H,27,28)(H,21,22,23,24)/b20-13-. The van der Waals surface area contributed by atoms with Crippen molar-refractivity contribution in [1.29, 1.82) is 0 Å². The second-order valence-corrected chi connectivity index (χ2v) is 6.76. The third kappa shape index (κ3) is 4.99. The van der Waals surface area contributed by atoms with Gasteiger partial charge < -0.3 is 24.4 Å². The average molecular weight is 413 g/mol. The number of nitrogens with zero attached hydrogens (tertiary/aromatic N) is 6. The monoisotopic (exact) mass is 413 g/mol. The van der Waals surface area contributed by atoms with Crippen molar-refractivity contribution in [1.82, 2.24) is 15.0 Å². The van der Waals surface area contributed by atoms with Crippen LogP contribution >= 0.6 is 0 Å². The largest absolute Gasteiger partial charge is 0.478 e. The summed E-state index contributed by atoms with van der Waals surface area (Å²) < 4.78 is 10.8. The van der Waals surface area contributed by atoms with Crippen LogP contribution < -0.4 is 15.2 Å². The topological polar surface area (TPSA) is 125 Å². The molecule has 30 heavy (non-hydrogen) atoms. The Hall–Kier alpha value is -3.31. The van der Waals surface area contributed by atoms with E-state index in [0.29, 0.717) is 70.5 Å². The molecule has 2 aliphatic heterocycles. The first-order chi connectivity index (χ1) is 14.7. The van der Waals surface area contributed by atoms with E-state index in [1.807, 2.05) is 0 Å². The molecule has 0 amide bonds. The van der Waals surface area contributed by atoms with Crippen LogP contribution in [0.2, 0.25) is 0 Å². The van der Waals surface area contributed by atoms with Crippen molar-refractivity contribution < 1.29 is 19.4 Å². The molecule has 4 rings (SSSR count). The maximum atomic E-state index is 10.9. The van der Waals surface area contributed by atoms with Crippen molar-refractivity contribution in [3.63, 3.8) is 0 Å². The van der Waals surface area contributed by atoms with E-state index >= 15 is 0 Å². The minimum atomic E-state index is -0.965. The average Bonchev–Trinajstić information content (AvgIpc) is 2.80. The lowest BCUT2D eigenvalue weighted by atomic mass is 10.1. The van der Waals surface area contributed by atoms with Crippen LogP contribution in [-0.2, 0) is 9.47 Å². The smallest absolute Gasteiger partial charge is 0.335 e. The van der Waals surface area contributed by atoms with Crippen LogP contribution in [-0.4, -0.2) is 84.8 Å². The van der Waals surface area contributed by atoms with Crippen molar-refractivity contribution in [2.75, 3.05) is 67.8 Å². The lowest BCUT2D eigenvalue weighted by Gasteiger charge is -2.30. The number of hydrogen-bond acceptors (Lipinski definition) is 10. The SMILES string of the molecule is O=C(O)c1ccc(/C=N\Nc2nc(N3CCOCC3)nc(N3CCOCC3)n2)cc1. The van der Waals surface area contributed by atoms with Gasteiger partial charge in [0.05, 0.1) is 38.2 Å². The number of carbonyl (C=O) groups is 1. The van der Waals surface area contributed by atoms with Crippen molar-refractivity contribution in [2.24, 2.45) is 5.10 Å². The lowest BCUT2D eigenvalue weighted by molar-refractivity contribution is 0.0697. The first kappa shape index (κ1) is 20.0. The van der Waals surface area contributed by atoms with Crippen LogP contribution in [0.5, 0.6) is 0 Å². The summed E-state index contributed by atoms with van der Waals surface area (Å²) >= 11 is 0. The van der Waals surface area contributed by atoms with Crippen molar-refractivity contribution >= 4 is 30.0 Å². The Morgan fingerprint density at radius 3 is 1.97 bits per heavy atom. The highest BCUT2D eigenvalue weighted by Crippen LogP contribution is 2.18. The number of rotatable bonds is 6. The van der Waals surface area contributed by atoms with Crippen LogP contribution in [0.25, 0.3) is 0 Å². The number of aromatic carboxylic acids is 1. The van der Waals surface area contributed by atoms with Gasteiger partial charge in [-0.1, -0.05) is 12.1 Å². The molecule has 158 valence electrons. The van der Waals surface area contributed by atoms with E-state index in [9.17, 15) is 4.79 Å². The van der Waals surface area contributed by atoms with Gasteiger partial charge in [0.1, 0.15) is 0 Å². The van der Waals surface area contributed by atoms with Gasteiger partial charge >= 0.3 is 5.97 Å². The van der Waals surface area contributed by atoms with Crippen LogP contribution in [0.15, 0.2) is 29.4 Å². The predicted molar refractivity (Wildman–Crippen MR) is 111 cm³/mol. The zero-order valence-corrected chi connectivity index (χ0v) is 16.4. The molecule has 0 unspecified atom stereocenters. The second kappa shape index (κ2) is 9.46. The van der Waals surface area contributed by atoms with Gasteiger partial charge in [0, 0.05) is 26.2 Å². The number of hydrogen-bond donors (Lipinski definition) is 2. The minimum absolute atomic E-state index is 0.225. The highest BCUT2D eigenvalue weighted by molar-refractivity contribution is 5.89. The zero-order valence-electron chi connectivity index (χ0n) is 16.4. The van der Waals surface area contributed by atoms with E-state index in [1.54, 1.807) is 18.3 Å². The van der Waals surface area contributed by atoms with Gasteiger partial charge in [-0.3, -0.25) is 0 Å². The summed E-state index contributed by atoms with van der Waals surface area (Å²) in [6, 6.07) is 6.42. The quantitative estimate of drug-likeness (QED) is 0.516. The number of ether oxygens (including phenoxy) is 2. The Bertz CT molecular complexity index is 858. The van der Waals surface area contributed by atoms with Gasteiger partial charge in [-0.15, -0.1) is 0 Å². The van der Waals surface area contributed by atoms with E-state index in [4.69, 9.17) is 14.6 Å². The number of carboxylic acid groups (broad SMARTS) is 1. The fourth-order valence-electron chi connectivity index (χ4n) is 3.09. The number of anilines is 3. The molecule has 2 aromatic rings. The molecule has 2 N–H and O–H groups in total. The Kier molecular flexibility index (Phi) is 6.30.